The van der Waals surface area contributed by atoms with Crippen LogP contribution in [0.1, 0.15) is 12.6 Å². The second kappa shape index (κ2) is 5.70. The number of carbonyl (C=O) groups excluding carboxylic acids is 1. The van der Waals surface area contributed by atoms with E-state index in [2.05, 4.69) is 10.4 Å². The highest BCUT2D eigenvalue weighted by molar-refractivity contribution is 5.93. The molecule has 0 aliphatic carbocycles. The summed E-state index contributed by atoms with van der Waals surface area (Å²) < 4.78 is 45.6. The van der Waals surface area contributed by atoms with Crippen LogP contribution in [0, 0.1) is 0 Å². The van der Waals surface area contributed by atoms with Crippen LogP contribution in [-0.2, 0) is 18.0 Å². The standard InChI is InChI=1S/C14H14F3N3O2/c1-8(21)18-13-11(9-4-6-10(22-3)7-5-9)12(14(15,16)17)19-20(13)2/h4-7H,1-3H3,(H,18,21). The minimum Gasteiger partial charge on any atom is -0.497 e. The number of benzene rings is 1. The van der Waals surface area contributed by atoms with Gasteiger partial charge in [-0.2, -0.15) is 18.3 Å². The van der Waals surface area contributed by atoms with Crippen LogP contribution in [0.2, 0.25) is 0 Å². The van der Waals surface area contributed by atoms with Gasteiger partial charge in [-0.15, -0.1) is 0 Å². The van der Waals surface area contributed by atoms with Crippen LogP contribution in [0.4, 0.5) is 19.0 Å². The molecule has 0 atom stereocenters. The van der Waals surface area contributed by atoms with Gasteiger partial charge in [-0.1, -0.05) is 12.1 Å². The lowest BCUT2D eigenvalue weighted by atomic mass is 10.0. The maximum absolute atomic E-state index is 13.2. The van der Waals surface area contributed by atoms with Crippen molar-refractivity contribution in [3.63, 3.8) is 0 Å². The van der Waals surface area contributed by atoms with E-state index < -0.39 is 17.8 Å². The first-order valence-electron chi connectivity index (χ1n) is 6.30. The molecule has 0 aliphatic heterocycles. The predicted octanol–water partition coefficient (Wildman–Crippen LogP) is 3.07. The second-order valence-electron chi connectivity index (χ2n) is 4.60. The number of nitrogens with zero attached hydrogens (tertiary/aromatic N) is 2. The SMILES string of the molecule is COc1ccc(-c2c(C(F)(F)F)nn(C)c2NC(C)=O)cc1. The van der Waals surface area contributed by atoms with Crippen LogP contribution in [-0.4, -0.2) is 22.8 Å². The monoisotopic (exact) mass is 313 g/mol. The number of hydrogen-bond acceptors (Lipinski definition) is 3. The molecule has 0 aliphatic rings. The van der Waals surface area contributed by atoms with Crippen molar-refractivity contribution in [1.29, 1.82) is 0 Å². The molecule has 5 nitrogen and oxygen atoms in total. The molecule has 0 spiro atoms. The van der Waals surface area contributed by atoms with Gasteiger partial charge in [0.2, 0.25) is 5.91 Å². The summed E-state index contributed by atoms with van der Waals surface area (Å²) in [7, 11) is 2.80. The molecule has 0 saturated heterocycles. The number of halogens is 3. The minimum absolute atomic E-state index is 0.00927. The Morgan fingerprint density at radius 3 is 2.32 bits per heavy atom. The zero-order chi connectivity index (χ0) is 16.5. The lowest BCUT2D eigenvalue weighted by Crippen LogP contribution is -2.10. The second-order valence-corrected chi connectivity index (χ2v) is 4.60. The Balaban J connectivity index is 2.65. The van der Waals surface area contributed by atoms with Gasteiger partial charge in [0.1, 0.15) is 11.6 Å². The molecule has 22 heavy (non-hydrogen) atoms. The lowest BCUT2D eigenvalue weighted by Gasteiger charge is -2.10. The van der Waals surface area contributed by atoms with Crippen LogP contribution in [0.25, 0.3) is 11.1 Å². The quantitative estimate of drug-likeness (QED) is 0.947. The summed E-state index contributed by atoms with van der Waals surface area (Å²) in [6.45, 7) is 1.22. The van der Waals surface area contributed by atoms with Gasteiger partial charge in [-0.3, -0.25) is 9.48 Å². The molecule has 0 fully saturated rings. The van der Waals surface area contributed by atoms with E-state index in [4.69, 9.17) is 4.74 Å². The molecule has 1 aromatic heterocycles. The summed E-state index contributed by atoms with van der Waals surface area (Å²) >= 11 is 0. The lowest BCUT2D eigenvalue weighted by molar-refractivity contribution is -0.141. The Hall–Kier alpha value is -2.51. The molecular formula is C14H14F3N3O2. The number of aromatic nitrogens is 2. The Morgan fingerprint density at radius 1 is 1.27 bits per heavy atom. The Morgan fingerprint density at radius 2 is 1.86 bits per heavy atom. The normalized spacial score (nSPS) is 11.4. The summed E-state index contributed by atoms with van der Waals surface area (Å²) in [5.74, 6) is 0.0266. The summed E-state index contributed by atoms with van der Waals surface area (Å²) in [5.41, 5.74) is -0.943. The number of carbonyl (C=O) groups is 1. The molecular weight excluding hydrogens is 299 g/mol. The number of nitrogens with one attached hydrogen (secondary N) is 1. The third kappa shape index (κ3) is 3.05. The van der Waals surface area contributed by atoms with Gasteiger partial charge in [0.05, 0.1) is 12.7 Å². The number of alkyl halides is 3. The van der Waals surface area contributed by atoms with Crippen LogP contribution in [0.15, 0.2) is 24.3 Å². The topological polar surface area (TPSA) is 56.1 Å². The van der Waals surface area contributed by atoms with Gasteiger partial charge < -0.3 is 10.1 Å². The van der Waals surface area contributed by atoms with Crippen molar-refractivity contribution in [2.75, 3.05) is 12.4 Å². The Kier molecular flexibility index (Phi) is 4.11. The predicted molar refractivity (Wildman–Crippen MR) is 74.5 cm³/mol. The molecule has 8 heteroatoms. The molecule has 1 amide bonds. The molecule has 0 unspecified atom stereocenters. The first-order chi connectivity index (χ1) is 10.2. The van der Waals surface area contributed by atoms with Gasteiger partial charge in [0.15, 0.2) is 5.69 Å². The first-order valence-corrected chi connectivity index (χ1v) is 6.30. The van der Waals surface area contributed by atoms with Crippen molar-refractivity contribution in [3.8, 4) is 16.9 Å². The van der Waals surface area contributed by atoms with E-state index in [0.717, 1.165) is 4.68 Å². The molecule has 0 bridgehead atoms. The zero-order valence-corrected chi connectivity index (χ0v) is 12.2. The van der Waals surface area contributed by atoms with Crippen LogP contribution in [0.3, 0.4) is 0 Å². The molecule has 0 radical (unpaired) electrons. The van der Waals surface area contributed by atoms with E-state index in [-0.39, 0.29) is 16.9 Å². The molecule has 2 rings (SSSR count). The third-order valence-corrected chi connectivity index (χ3v) is 2.99. The molecule has 0 saturated carbocycles. The number of aryl methyl sites for hydroxylation is 1. The third-order valence-electron chi connectivity index (χ3n) is 2.99. The summed E-state index contributed by atoms with van der Waals surface area (Å²) in [4.78, 5) is 11.3. The molecule has 1 aromatic carbocycles. The van der Waals surface area contributed by atoms with Crippen LogP contribution < -0.4 is 10.1 Å². The Labute approximate surface area is 124 Å². The average Bonchev–Trinajstić information content (AvgIpc) is 2.76. The number of ether oxygens (including phenoxy) is 1. The van der Waals surface area contributed by atoms with Crippen molar-refractivity contribution in [3.05, 3.63) is 30.0 Å². The van der Waals surface area contributed by atoms with E-state index in [1.54, 1.807) is 12.1 Å². The van der Waals surface area contributed by atoms with E-state index in [1.807, 2.05) is 0 Å². The molecule has 118 valence electrons. The molecule has 2 aromatic rings. The van der Waals surface area contributed by atoms with E-state index >= 15 is 0 Å². The number of rotatable bonds is 3. The zero-order valence-electron chi connectivity index (χ0n) is 12.2. The largest absolute Gasteiger partial charge is 0.497 e. The molecule has 1 N–H and O–H groups in total. The van der Waals surface area contributed by atoms with Crippen LogP contribution >= 0.6 is 0 Å². The smallest absolute Gasteiger partial charge is 0.435 e. The fraction of sp³-hybridized carbons (Fsp3) is 0.286. The van der Waals surface area contributed by atoms with Crippen molar-refractivity contribution in [2.24, 2.45) is 7.05 Å². The average molecular weight is 313 g/mol. The van der Waals surface area contributed by atoms with Gasteiger partial charge in [-0.05, 0) is 17.7 Å². The van der Waals surface area contributed by atoms with Gasteiger partial charge in [-0.25, -0.2) is 0 Å². The van der Waals surface area contributed by atoms with Crippen molar-refractivity contribution in [1.82, 2.24) is 9.78 Å². The minimum atomic E-state index is -4.64. The summed E-state index contributed by atoms with van der Waals surface area (Å²) in [6, 6.07) is 6.05. The van der Waals surface area contributed by atoms with Crippen LogP contribution in [0.5, 0.6) is 5.75 Å². The first kappa shape index (κ1) is 15.9. The van der Waals surface area contributed by atoms with Crippen molar-refractivity contribution in [2.45, 2.75) is 13.1 Å². The fourth-order valence-electron chi connectivity index (χ4n) is 2.06. The maximum atomic E-state index is 13.2. The van der Waals surface area contributed by atoms with Crippen molar-refractivity contribution >= 4 is 11.7 Å². The number of amides is 1. The summed E-state index contributed by atoms with van der Waals surface area (Å²) in [5, 5.41) is 5.89. The van der Waals surface area contributed by atoms with Gasteiger partial charge >= 0.3 is 6.18 Å². The Bertz CT molecular complexity index is 691. The fourth-order valence-corrected chi connectivity index (χ4v) is 2.06. The number of hydrogen-bond donors (Lipinski definition) is 1. The van der Waals surface area contributed by atoms with Crippen molar-refractivity contribution < 1.29 is 22.7 Å². The van der Waals surface area contributed by atoms with Gasteiger partial charge in [0.25, 0.3) is 0 Å². The van der Waals surface area contributed by atoms with Gasteiger partial charge in [0, 0.05) is 14.0 Å². The van der Waals surface area contributed by atoms with E-state index in [1.165, 1.54) is 33.2 Å². The number of anilines is 1. The highest BCUT2D eigenvalue weighted by Crippen LogP contribution is 2.40. The highest BCUT2D eigenvalue weighted by atomic mass is 19.4. The molecule has 1 heterocycles. The van der Waals surface area contributed by atoms with E-state index in [9.17, 15) is 18.0 Å². The summed E-state index contributed by atoms with van der Waals surface area (Å²) in [6.07, 6.45) is -4.64. The number of methoxy groups -OCH3 is 1. The van der Waals surface area contributed by atoms with E-state index in [0.29, 0.717) is 5.75 Å². The maximum Gasteiger partial charge on any atom is 0.435 e. The highest BCUT2D eigenvalue weighted by Gasteiger charge is 2.39.